The lowest BCUT2D eigenvalue weighted by Gasteiger charge is -2.08. The topological polar surface area (TPSA) is 69.4 Å². The number of rotatable bonds is 5. The number of hydrogen-bond donors (Lipinski definition) is 0. The summed E-state index contributed by atoms with van der Waals surface area (Å²) in [5.74, 6) is 0.470. The van der Waals surface area contributed by atoms with Crippen molar-refractivity contribution in [2.75, 3.05) is 0 Å². The van der Waals surface area contributed by atoms with Gasteiger partial charge in [-0.3, -0.25) is 14.9 Å². The minimum Gasteiger partial charge on any atom is -0.489 e. The SMILES string of the molecule is O=Cc1cc(OCc2ccc(Br)cc2[N+](=O)[O-])ccc1Br. The van der Waals surface area contributed by atoms with E-state index >= 15 is 0 Å². The van der Waals surface area contributed by atoms with Crippen molar-refractivity contribution in [3.8, 4) is 5.75 Å². The molecular weight excluding hydrogens is 406 g/mol. The molecule has 0 atom stereocenters. The molecule has 0 N–H and O–H groups in total. The molecule has 108 valence electrons. The zero-order valence-corrected chi connectivity index (χ0v) is 13.8. The third kappa shape index (κ3) is 3.89. The zero-order valence-electron chi connectivity index (χ0n) is 10.6. The van der Waals surface area contributed by atoms with Gasteiger partial charge in [0.2, 0.25) is 0 Å². The van der Waals surface area contributed by atoms with Crippen molar-refractivity contribution >= 4 is 43.8 Å². The molecule has 0 radical (unpaired) electrons. The highest BCUT2D eigenvalue weighted by molar-refractivity contribution is 9.10. The summed E-state index contributed by atoms with van der Waals surface area (Å²) in [7, 11) is 0. The molecule has 7 heteroatoms. The predicted molar refractivity (Wildman–Crippen MR) is 84.7 cm³/mol. The maximum Gasteiger partial charge on any atom is 0.277 e. The molecule has 2 aromatic carbocycles. The second kappa shape index (κ2) is 6.82. The fourth-order valence-corrected chi connectivity index (χ4v) is 2.38. The summed E-state index contributed by atoms with van der Waals surface area (Å²) in [6.07, 6.45) is 0.707. The van der Waals surface area contributed by atoms with Crippen LogP contribution in [0.15, 0.2) is 45.3 Å². The highest BCUT2D eigenvalue weighted by Crippen LogP contribution is 2.26. The van der Waals surface area contributed by atoms with Crippen LogP contribution in [-0.4, -0.2) is 11.2 Å². The summed E-state index contributed by atoms with van der Waals surface area (Å²) >= 11 is 6.44. The van der Waals surface area contributed by atoms with Crippen molar-refractivity contribution in [1.82, 2.24) is 0 Å². The maximum absolute atomic E-state index is 11.0. The van der Waals surface area contributed by atoms with Gasteiger partial charge in [-0.25, -0.2) is 0 Å². The predicted octanol–water partition coefficient (Wildman–Crippen LogP) is 4.51. The van der Waals surface area contributed by atoms with Gasteiger partial charge in [0, 0.05) is 20.6 Å². The first kappa shape index (κ1) is 15.7. The van der Waals surface area contributed by atoms with Crippen LogP contribution in [0.4, 0.5) is 5.69 Å². The number of nitro groups is 1. The third-order valence-electron chi connectivity index (χ3n) is 2.73. The molecule has 0 aliphatic carbocycles. The number of aldehydes is 1. The van der Waals surface area contributed by atoms with E-state index < -0.39 is 4.92 Å². The summed E-state index contributed by atoms with van der Waals surface area (Å²) in [6.45, 7) is 0.0452. The van der Waals surface area contributed by atoms with Crippen molar-refractivity contribution in [2.45, 2.75) is 6.61 Å². The van der Waals surface area contributed by atoms with E-state index in [2.05, 4.69) is 31.9 Å². The molecular formula is C14H9Br2NO4. The standard InChI is InChI=1S/C14H9Br2NO4/c15-11-2-1-9(14(6-11)17(19)20)8-21-12-3-4-13(16)10(5-12)7-18/h1-7H,8H2. The van der Waals surface area contributed by atoms with Gasteiger partial charge < -0.3 is 4.74 Å². The number of nitro benzene ring substituents is 1. The smallest absolute Gasteiger partial charge is 0.277 e. The molecule has 0 bridgehead atoms. The molecule has 2 aromatic rings. The summed E-state index contributed by atoms with van der Waals surface area (Å²) in [5.41, 5.74) is 0.897. The highest BCUT2D eigenvalue weighted by Gasteiger charge is 2.14. The maximum atomic E-state index is 11.0. The number of hydrogen-bond acceptors (Lipinski definition) is 4. The van der Waals surface area contributed by atoms with Gasteiger partial charge in [0.05, 0.1) is 10.5 Å². The number of carbonyl (C=O) groups is 1. The molecule has 0 spiro atoms. The first-order valence-electron chi connectivity index (χ1n) is 5.81. The molecule has 0 unspecified atom stereocenters. The minimum atomic E-state index is -0.456. The van der Waals surface area contributed by atoms with Crippen LogP contribution in [-0.2, 0) is 6.61 Å². The molecule has 2 rings (SSSR count). The molecule has 21 heavy (non-hydrogen) atoms. The Morgan fingerprint density at radius 1 is 1.19 bits per heavy atom. The van der Waals surface area contributed by atoms with Crippen molar-refractivity contribution < 1.29 is 14.5 Å². The Hall–Kier alpha value is -1.73. The molecule has 0 saturated heterocycles. The lowest BCUT2D eigenvalue weighted by molar-refractivity contribution is -0.385. The summed E-state index contributed by atoms with van der Waals surface area (Å²) in [6, 6.07) is 9.71. The van der Waals surface area contributed by atoms with Gasteiger partial charge in [-0.2, -0.15) is 0 Å². The van der Waals surface area contributed by atoms with E-state index in [1.54, 1.807) is 30.3 Å². The van der Waals surface area contributed by atoms with E-state index in [0.29, 0.717) is 32.1 Å². The van der Waals surface area contributed by atoms with Crippen molar-refractivity contribution in [3.63, 3.8) is 0 Å². The Balaban J connectivity index is 2.20. The molecule has 5 nitrogen and oxygen atoms in total. The molecule has 0 heterocycles. The van der Waals surface area contributed by atoms with E-state index in [9.17, 15) is 14.9 Å². The Bertz CT molecular complexity index is 703. The van der Waals surface area contributed by atoms with Crippen LogP contribution in [0.3, 0.4) is 0 Å². The van der Waals surface area contributed by atoms with E-state index in [4.69, 9.17) is 4.74 Å². The van der Waals surface area contributed by atoms with Crippen molar-refractivity contribution in [3.05, 3.63) is 66.6 Å². The van der Waals surface area contributed by atoms with Crippen molar-refractivity contribution in [2.24, 2.45) is 0 Å². The van der Waals surface area contributed by atoms with Gasteiger partial charge in [-0.05, 0) is 30.3 Å². The third-order valence-corrected chi connectivity index (χ3v) is 3.95. The molecule has 0 aliphatic heterocycles. The van der Waals surface area contributed by atoms with Crippen LogP contribution in [0.2, 0.25) is 0 Å². The number of nitrogens with zero attached hydrogens (tertiary/aromatic N) is 1. The van der Waals surface area contributed by atoms with Gasteiger partial charge in [-0.15, -0.1) is 0 Å². The monoisotopic (exact) mass is 413 g/mol. The van der Waals surface area contributed by atoms with E-state index in [1.165, 1.54) is 6.07 Å². The number of halogens is 2. The lowest BCUT2D eigenvalue weighted by atomic mass is 10.2. The Kier molecular flexibility index (Phi) is 5.08. The van der Waals surface area contributed by atoms with Crippen LogP contribution in [0, 0.1) is 10.1 Å². The lowest BCUT2D eigenvalue weighted by Crippen LogP contribution is -2.01. The average Bonchev–Trinajstić information content (AvgIpc) is 2.47. The first-order chi connectivity index (χ1) is 10.0. The number of carbonyl (C=O) groups excluding carboxylic acids is 1. The fourth-order valence-electron chi connectivity index (χ4n) is 1.69. The Morgan fingerprint density at radius 2 is 1.95 bits per heavy atom. The minimum absolute atomic E-state index is 0.0166. The second-order valence-corrected chi connectivity index (χ2v) is 5.89. The zero-order chi connectivity index (χ0) is 15.4. The van der Waals surface area contributed by atoms with Crippen LogP contribution < -0.4 is 4.74 Å². The van der Waals surface area contributed by atoms with Crippen LogP contribution in [0.5, 0.6) is 5.75 Å². The molecule has 0 fully saturated rings. The molecule has 0 aromatic heterocycles. The largest absolute Gasteiger partial charge is 0.489 e. The van der Waals surface area contributed by atoms with Crippen LogP contribution in [0.25, 0.3) is 0 Å². The van der Waals surface area contributed by atoms with Crippen LogP contribution >= 0.6 is 31.9 Å². The van der Waals surface area contributed by atoms with Gasteiger partial charge in [0.1, 0.15) is 12.4 Å². The van der Waals surface area contributed by atoms with E-state index in [-0.39, 0.29) is 12.3 Å². The normalized spacial score (nSPS) is 10.2. The highest BCUT2D eigenvalue weighted by atomic mass is 79.9. The van der Waals surface area contributed by atoms with Gasteiger partial charge in [0.25, 0.3) is 5.69 Å². The first-order valence-corrected chi connectivity index (χ1v) is 7.40. The van der Waals surface area contributed by atoms with Gasteiger partial charge >= 0.3 is 0 Å². The second-order valence-electron chi connectivity index (χ2n) is 4.12. The average molecular weight is 415 g/mol. The molecule has 0 amide bonds. The quantitative estimate of drug-likeness (QED) is 0.410. The number of ether oxygens (including phenoxy) is 1. The van der Waals surface area contributed by atoms with Crippen molar-refractivity contribution in [1.29, 1.82) is 0 Å². The van der Waals surface area contributed by atoms with Crippen LogP contribution in [0.1, 0.15) is 15.9 Å². The summed E-state index contributed by atoms with van der Waals surface area (Å²) in [5, 5.41) is 11.0. The fraction of sp³-hybridized carbons (Fsp3) is 0.0714. The number of benzene rings is 2. The molecule has 0 saturated carbocycles. The summed E-state index contributed by atoms with van der Waals surface area (Å²) in [4.78, 5) is 21.4. The van der Waals surface area contributed by atoms with Gasteiger partial charge in [-0.1, -0.05) is 31.9 Å². The van der Waals surface area contributed by atoms with Gasteiger partial charge in [0.15, 0.2) is 6.29 Å². The molecule has 0 aliphatic rings. The Labute approximate surface area is 137 Å². The van der Waals surface area contributed by atoms with E-state index in [0.717, 1.165) is 0 Å². The Morgan fingerprint density at radius 3 is 2.62 bits per heavy atom. The summed E-state index contributed by atoms with van der Waals surface area (Å²) < 4.78 is 6.82. The van der Waals surface area contributed by atoms with E-state index in [1.807, 2.05) is 0 Å².